The van der Waals surface area contributed by atoms with Crippen LogP contribution in [-0.4, -0.2) is 16.1 Å². The van der Waals surface area contributed by atoms with E-state index in [4.69, 9.17) is 11.6 Å². The van der Waals surface area contributed by atoms with Gasteiger partial charge in [-0.15, -0.1) is 11.3 Å². The van der Waals surface area contributed by atoms with Crippen LogP contribution in [0.25, 0.3) is 0 Å². The molecule has 3 nitrogen and oxygen atoms in total. The second-order valence-corrected chi connectivity index (χ2v) is 6.17. The summed E-state index contributed by atoms with van der Waals surface area (Å²) >= 11 is 7.57. The highest BCUT2D eigenvalue weighted by molar-refractivity contribution is 7.09. The highest BCUT2D eigenvalue weighted by atomic mass is 35.5. The summed E-state index contributed by atoms with van der Waals surface area (Å²) in [5.41, 5.74) is 0.625. The molecule has 0 radical (unpaired) electrons. The minimum Gasteiger partial charge on any atom is -0.481 e. The third kappa shape index (κ3) is 2.96. The van der Waals surface area contributed by atoms with Crippen molar-refractivity contribution in [3.05, 3.63) is 50.9 Å². The van der Waals surface area contributed by atoms with Crippen molar-refractivity contribution < 1.29 is 9.90 Å². The minimum absolute atomic E-state index is 0.590. The molecule has 0 spiro atoms. The summed E-state index contributed by atoms with van der Waals surface area (Å²) in [4.78, 5) is 15.6. The zero-order valence-corrected chi connectivity index (χ0v) is 12.3. The van der Waals surface area contributed by atoms with Crippen LogP contribution in [0.4, 0.5) is 0 Å². The Morgan fingerprint density at radius 1 is 1.42 bits per heavy atom. The van der Waals surface area contributed by atoms with Crippen LogP contribution < -0.4 is 0 Å². The first-order valence-electron chi connectivity index (χ1n) is 5.83. The molecule has 0 aliphatic carbocycles. The number of halogens is 1. The van der Waals surface area contributed by atoms with Gasteiger partial charge in [-0.25, -0.2) is 4.98 Å². The maximum absolute atomic E-state index is 11.2. The molecule has 1 heterocycles. The highest BCUT2D eigenvalue weighted by Crippen LogP contribution is 2.27. The van der Waals surface area contributed by atoms with Gasteiger partial charge in [0, 0.05) is 16.8 Å². The molecule has 0 amide bonds. The van der Waals surface area contributed by atoms with E-state index in [1.807, 2.05) is 24.3 Å². The number of nitrogens with zero attached hydrogens (tertiary/aromatic N) is 1. The lowest BCUT2D eigenvalue weighted by atomic mass is 9.90. The molecule has 0 atom stereocenters. The number of carbonyl (C=O) groups is 1. The van der Waals surface area contributed by atoms with E-state index >= 15 is 0 Å². The second-order valence-electron chi connectivity index (χ2n) is 4.82. The third-order valence-electron chi connectivity index (χ3n) is 3.03. The van der Waals surface area contributed by atoms with Crippen LogP contribution in [0.2, 0.25) is 5.02 Å². The Kier molecular flexibility index (Phi) is 3.92. The Hall–Kier alpha value is -1.39. The molecule has 1 aromatic heterocycles. The molecule has 5 heteroatoms. The molecule has 0 saturated heterocycles. The molecular formula is C14H14ClNO2S. The third-order valence-corrected chi connectivity index (χ3v) is 4.24. The Bertz CT molecular complexity index is 607. The Morgan fingerprint density at radius 3 is 2.74 bits per heavy atom. The van der Waals surface area contributed by atoms with Gasteiger partial charge in [0.2, 0.25) is 0 Å². The van der Waals surface area contributed by atoms with Gasteiger partial charge in [0.25, 0.3) is 0 Å². The summed E-state index contributed by atoms with van der Waals surface area (Å²) in [5, 5.41) is 12.6. The molecule has 0 saturated carbocycles. The molecule has 2 aromatic rings. The number of aromatic nitrogens is 1. The van der Waals surface area contributed by atoms with E-state index in [0.717, 1.165) is 10.6 Å². The molecule has 0 aliphatic rings. The monoisotopic (exact) mass is 295 g/mol. The fourth-order valence-electron chi connectivity index (χ4n) is 1.59. The van der Waals surface area contributed by atoms with Gasteiger partial charge < -0.3 is 5.11 Å². The van der Waals surface area contributed by atoms with E-state index in [9.17, 15) is 9.90 Å². The first-order valence-corrected chi connectivity index (χ1v) is 7.08. The number of benzene rings is 1. The van der Waals surface area contributed by atoms with Crippen LogP contribution in [0.3, 0.4) is 0 Å². The summed E-state index contributed by atoms with van der Waals surface area (Å²) in [6, 6.07) is 7.60. The van der Waals surface area contributed by atoms with Crippen molar-refractivity contribution in [2.75, 3.05) is 0 Å². The largest absolute Gasteiger partial charge is 0.481 e. The maximum Gasteiger partial charge on any atom is 0.315 e. The standard InChI is InChI=1S/C14H14ClNO2S/c1-14(2,13(17)18)11-8-19-12(16-11)7-9-5-3-4-6-10(9)15/h3-6,8H,7H2,1-2H3,(H,17,18). The van der Waals surface area contributed by atoms with Crippen molar-refractivity contribution in [3.8, 4) is 0 Å². The molecular weight excluding hydrogens is 282 g/mol. The van der Waals surface area contributed by atoms with E-state index < -0.39 is 11.4 Å². The molecule has 0 aliphatic heterocycles. The Labute approximate surface area is 120 Å². The van der Waals surface area contributed by atoms with Gasteiger partial charge >= 0.3 is 5.97 Å². The van der Waals surface area contributed by atoms with Gasteiger partial charge in [0.05, 0.1) is 10.7 Å². The second kappa shape index (κ2) is 5.31. The fourth-order valence-corrected chi connectivity index (χ4v) is 2.78. The van der Waals surface area contributed by atoms with Crippen molar-refractivity contribution in [1.29, 1.82) is 0 Å². The number of rotatable bonds is 4. The lowest BCUT2D eigenvalue weighted by Gasteiger charge is -2.15. The quantitative estimate of drug-likeness (QED) is 0.934. The summed E-state index contributed by atoms with van der Waals surface area (Å²) in [6.07, 6.45) is 0.625. The van der Waals surface area contributed by atoms with Gasteiger partial charge in [-0.1, -0.05) is 29.8 Å². The number of carboxylic acids is 1. The van der Waals surface area contributed by atoms with Gasteiger partial charge in [0.1, 0.15) is 5.41 Å². The first kappa shape index (κ1) is 14.0. The molecule has 0 unspecified atom stereocenters. The van der Waals surface area contributed by atoms with Crippen LogP contribution in [0.15, 0.2) is 29.6 Å². The number of aliphatic carboxylic acids is 1. The molecule has 19 heavy (non-hydrogen) atoms. The smallest absolute Gasteiger partial charge is 0.315 e. The lowest BCUT2D eigenvalue weighted by molar-refractivity contribution is -0.142. The van der Waals surface area contributed by atoms with Gasteiger partial charge in [-0.05, 0) is 25.5 Å². The number of thiazole rings is 1. The predicted octanol–water partition coefficient (Wildman–Crippen LogP) is 3.75. The van der Waals surface area contributed by atoms with Crippen molar-refractivity contribution in [1.82, 2.24) is 4.98 Å². The van der Waals surface area contributed by atoms with E-state index in [2.05, 4.69) is 4.98 Å². The Balaban J connectivity index is 2.23. The summed E-state index contributed by atoms with van der Waals surface area (Å²) < 4.78 is 0. The average molecular weight is 296 g/mol. The Morgan fingerprint density at radius 2 is 2.11 bits per heavy atom. The van der Waals surface area contributed by atoms with Crippen molar-refractivity contribution in [2.24, 2.45) is 0 Å². The number of hydrogen-bond acceptors (Lipinski definition) is 3. The van der Waals surface area contributed by atoms with E-state index in [-0.39, 0.29) is 0 Å². The van der Waals surface area contributed by atoms with Crippen LogP contribution in [0.5, 0.6) is 0 Å². The first-order chi connectivity index (χ1) is 8.91. The zero-order chi connectivity index (χ0) is 14.0. The van der Waals surface area contributed by atoms with E-state index in [1.165, 1.54) is 11.3 Å². The van der Waals surface area contributed by atoms with Crippen molar-refractivity contribution in [2.45, 2.75) is 25.7 Å². The van der Waals surface area contributed by atoms with E-state index in [0.29, 0.717) is 17.1 Å². The zero-order valence-electron chi connectivity index (χ0n) is 10.7. The predicted molar refractivity (Wildman–Crippen MR) is 77.0 cm³/mol. The van der Waals surface area contributed by atoms with E-state index in [1.54, 1.807) is 19.2 Å². The molecule has 2 rings (SSSR count). The van der Waals surface area contributed by atoms with Gasteiger partial charge in [0.15, 0.2) is 0 Å². The van der Waals surface area contributed by atoms with Crippen molar-refractivity contribution in [3.63, 3.8) is 0 Å². The number of hydrogen-bond donors (Lipinski definition) is 1. The summed E-state index contributed by atoms with van der Waals surface area (Å²) in [7, 11) is 0. The number of carboxylic acid groups (broad SMARTS) is 1. The summed E-state index contributed by atoms with van der Waals surface area (Å²) in [6.45, 7) is 3.31. The molecule has 1 aromatic carbocycles. The molecule has 100 valence electrons. The summed E-state index contributed by atoms with van der Waals surface area (Å²) in [5.74, 6) is -0.873. The van der Waals surface area contributed by atoms with Crippen LogP contribution in [0, 0.1) is 0 Å². The normalized spacial score (nSPS) is 11.5. The topological polar surface area (TPSA) is 50.2 Å². The van der Waals surface area contributed by atoms with Crippen LogP contribution >= 0.6 is 22.9 Å². The fraction of sp³-hybridized carbons (Fsp3) is 0.286. The average Bonchev–Trinajstić information content (AvgIpc) is 2.81. The SMILES string of the molecule is CC(C)(C(=O)O)c1csc(Cc2ccccc2Cl)n1. The molecule has 0 bridgehead atoms. The van der Waals surface area contributed by atoms with Gasteiger partial charge in [-0.2, -0.15) is 0 Å². The lowest BCUT2D eigenvalue weighted by Crippen LogP contribution is -2.28. The van der Waals surface area contributed by atoms with Crippen molar-refractivity contribution >= 4 is 28.9 Å². The minimum atomic E-state index is -0.963. The van der Waals surface area contributed by atoms with Crippen LogP contribution in [-0.2, 0) is 16.6 Å². The molecule has 0 fully saturated rings. The highest BCUT2D eigenvalue weighted by Gasteiger charge is 2.32. The molecule has 1 N–H and O–H groups in total. The van der Waals surface area contributed by atoms with Gasteiger partial charge in [-0.3, -0.25) is 4.79 Å². The van der Waals surface area contributed by atoms with Crippen LogP contribution in [0.1, 0.15) is 30.1 Å². The maximum atomic E-state index is 11.2.